The number of fused-ring (bicyclic) bond motifs is 7. The lowest BCUT2D eigenvalue weighted by Gasteiger charge is -2.39. The summed E-state index contributed by atoms with van der Waals surface area (Å²) >= 11 is 0. The van der Waals surface area contributed by atoms with E-state index in [1.165, 1.54) is 56.1 Å². The van der Waals surface area contributed by atoms with Crippen molar-refractivity contribution in [2.45, 2.75) is 69.4 Å². The van der Waals surface area contributed by atoms with Crippen molar-refractivity contribution in [2.24, 2.45) is 22.7 Å². The van der Waals surface area contributed by atoms with Crippen LogP contribution < -0.4 is 10.6 Å². The van der Waals surface area contributed by atoms with Crippen LogP contribution in [0, 0.1) is 17.8 Å². The molecule has 11 rings (SSSR count). The average molecular weight is 707 g/mol. The van der Waals surface area contributed by atoms with Gasteiger partial charge in [0.15, 0.2) is 0 Å². The summed E-state index contributed by atoms with van der Waals surface area (Å²) in [7, 11) is 0. The monoisotopic (exact) mass is 706 g/mol. The average Bonchev–Trinajstić information content (AvgIpc) is 3.80. The molecule has 54 heavy (non-hydrogen) atoms. The summed E-state index contributed by atoms with van der Waals surface area (Å²) in [5.41, 5.74) is 10.8. The number of nitrogens with zero attached hydrogens (tertiary/aromatic N) is 2. The Bertz CT molecular complexity index is 2410. The molecule has 268 valence electrons. The maximum atomic E-state index is 7.00. The molecular formula is C49H46N4O. The van der Waals surface area contributed by atoms with Crippen LogP contribution >= 0.6 is 0 Å². The molecule has 3 heterocycles. The maximum absolute atomic E-state index is 7.00. The van der Waals surface area contributed by atoms with Gasteiger partial charge in [-0.25, -0.2) is 4.99 Å². The summed E-state index contributed by atoms with van der Waals surface area (Å²) in [5.74, 6) is 3.06. The van der Waals surface area contributed by atoms with Crippen LogP contribution in [-0.2, 0) is 4.74 Å². The lowest BCUT2D eigenvalue weighted by Crippen LogP contribution is -2.57. The molecule has 0 radical (unpaired) electrons. The van der Waals surface area contributed by atoms with Gasteiger partial charge in [-0.05, 0) is 85.8 Å². The van der Waals surface area contributed by atoms with Crippen molar-refractivity contribution >= 4 is 33.2 Å². The number of benzene rings is 4. The Morgan fingerprint density at radius 2 is 1.52 bits per heavy atom. The Morgan fingerprint density at radius 3 is 2.33 bits per heavy atom. The fourth-order valence-corrected chi connectivity index (χ4v) is 10.4. The first kappa shape index (κ1) is 32.1. The summed E-state index contributed by atoms with van der Waals surface area (Å²) in [6.07, 6.45) is 22.3. The van der Waals surface area contributed by atoms with Gasteiger partial charge in [0.1, 0.15) is 30.0 Å². The molecule has 0 saturated heterocycles. The van der Waals surface area contributed by atoms with Crippen molar-refractivity contribution < 1.29 is 4.74 Å². The zero-order chi connectivity index (χ0) is 35.6. The van der Waals surface area contributed by atoms with E-state index in [0.29, 0.717) is 11.8 Å². The number of amidine groups is 1. The Morgan fingerprint density at radius 1 is 0.741 bits per heavy atom. The number of aliphatic imine (C=N–C) groups is 1. The number of nitrogens with one attached hydrogen (secondary N) is 2. The second kappa shape index (κ2) is 13.2. The fourth-order valence-electron chi connectivity index (χ4n) is 10.4. The molecule has 6 aliphatic rings. The van der Waals surface area contributed by atoms with Crippen molar-refractivity contribution in [3.63, 3.8) is 0 Å². The molecule has 4 aromatic carbocycles. The van der Waals surface area contributed by atoms with E-state index in [2.05, 4.69) is 155 Å². The Balaban J connectivity index is 0.980. The minimum atomic E-state index is -0.0167. The van der Waals surface area contributed by atoms with Crippen molar-refractivity contribution in [2.75, 3.05) is 0 Å². The van der Waals surface area contributed by atoms with Gasteiger partial charge >= 0.3 is 0 Å². The van der Waals surface area contributed by atoms with E-state index in [-0.39, 0.29) is 30.4 Å². The molecule has 2 aliphatic heterocycles. The number of allylic oxidation sites excluding steroid dienone is 6. The zero-order valence-electron chi connectivity index (χ0n) is 30.6. The van der Waals surface area contributed by atoms with E-state index in [0.717, 1.165) is 55.7 Å². The lowest BCUT2D eigenvalue weighted by molar-refractivity contribution is 0.132. The first-order chi connectivity index (χ1) is 26.8. The molecule has 0 fully saturated rings. The van der Waals surface area contributed by atoms with Crippen molar-refractivity contribution in [3.05, 3.63) is 173 Å². The SMILES string of the molecule is C1=CCC(C2N=C(c3ccccc3)NC(C3=CC(C4=CC5C6=C(C=CCC6n6c7ccccc7c7ccccc76)OC5c5ccccc54)CCC3)N2)CC1. The van der Waals surface area contributed by atoms with Gasteiger partial charge in [0.2, 0.25) is 0 Å². The van der Waals surface area contributed by atoms with Gasteiger partial charge < -0.3 is 14.6 Å². The molecule has 2 N–H and O–H groups in total. The zero-order valence-corrected chi connectivity index (χ0v) is 30.6. The Labute approximate surface area is 317 Å². The third-order valence-electron chi connectivity index (χ3n) is 12.9. The van der Waals surface area contributed by atoms with Gasteiger partial charge in [0.25, 0.3) is 0 Å². The normalized spacial score (nSPS) is 28.7. The summed E-state index contributed by atoms with van der Waals surface area (Å²) in [4.78, 5) is 5.30. The van der Waals surface area contributed by atoms with Crippen LogP contribution in [0.4, 0.5) is 0 Å². The van der Waals surface area contributed by atoms with Crippen molar-refractivity contribution in [3.8, 4) is 0 Å². The number of para-hydroxylation sites is 2. The first-order valence-corrected chi connectivity index (χ1v) is 20.2. The molecule has 7 atom stereocenters. The number of hydrogen-bond donors (Lipinski definition) is 2. The van der Waals surface area contributed by atoms with E-state index >= 15 is 0 Å². The topological polar surface area (TPSA) is 50.6 Å². The van der Waals surface area contributed by atoms with Gasteiger partial charge in [0, 0.05) is 50.3 Å². The van der Waals surface area contributed by atoms with Crippen LogP contribution in [0.25, 0.3) is 27.4 Å². The summed E-state index contributed by atoms with van der Waals surface area (Å²) < 4.78 is 9.61. The Hall–Kier alpha value is -5.39. The molecule has 1 aromatic heterocycles. The van der Waals surface area contributed by atoms with Gasteiger partial charge in [-0.3, -0.25) is 5.32 Å². The highest BCUT2D eigenvalue weighted by molar-refractivity contribution is 6.08. The third-order valence-corrected chi connectivity index (χ3v) is 12.9. The van der Waals surface area contributed by atoms with E-state index in [4.69, 9.17) is 9.73 Å². The number of rotatable bonds is 5. The van der Waals surface area contributed by atoms with Crippen molar-refractivity contribution in [1.29, 1.82) is 0 Å². The van der Waals surface area contributed by atoms with Gasteiger partial charge in [-0.1, -0.05) is 121 Å². The lowest BCUT2D eigenvalue weighted by atomic mass is 9.72. The quantitative estimate of drug-likeness (QED) is 0.179. The first-order valence-electron chi connectivity index (χ1n) is 20.2. The molecule has 4 aliphatic carbocycles. The highest BCUT2D eigenvalue weighted by Gasteiger charge is 2.45. The van der Waals surface area contributed by atoms with Crippen LogP contribution in [-0.4, -0.2) is 22.7 Å². The van der Waals surface area contributed by atoms with Crippen LogP contribution in [0.3, 0.4) is 0 Å². The molecule has 0 amide bonds. The fraction of sp³-hybridized carbons (Fsp3) is 0.286. The predicted octanol–water partition coefficient (Wildman–Crippen LogP) is 10.7. The summed E-state index contributed by atoms with van der Waals surface area (Å²) in [6.45, 7) is 0. The Kier molecular flexibility index (Phi) is 7.82. The van der Waals surface area contributed by atoms with Crippen LogP contribution in [0.15, 0.2) is 161 Å². The molecule has 0 spiro atoms. The maximum Gasteiger partial charge on any atom is 0.134 e. The number of hydrogen-bond acceptors (Lipinski definition) is 4. The molecular weight excluding hydrogens is 661 g/mol. The van der Waals surface area contributed by atoms with Crippen LogP contribution in [0.5, 0.6) is 0 Å². The second-order valence-electron chi connectivity index (χ2n) is 16.0. The van der Waals surface area contributed by atoms with E-state index in [1.54, 1.807) is 0 Å². The highest BCUT2D eigenvalue weighted by atomic mass is 16.5. The minimum absolute atomic E-state index is 0.0167. The molecule has 0 bridgehead atoms. The van der Waals surface area contributed by atoms with E-state index in [1.807, 2.05) is 0 Å². The number of ether oxygens (including phenoxy) is 1. The predicted molar refractivity (Wildman–Crippen MR) is 220 cm³/mol. The van der Waals surface area contributed by atoms with Gasteiger partial charge in [-0.2, -0.15) is 0 Å². The summed E-state index contributed by atoms with van der Waals surface area (Å²) in [5, 5.41) is 10.5. The van der Waals surface area contributed by atoms with Crippen molar-refractivity contribution in [1.82, 2.24) is 15.2 Å². The molecule has 7 unspecified atom stereocenters. The van der Waals surface area contributed by atoms with Gasteiger partial charge in [0.05, 0.1) is 6.04 Å². The summed E-state index contributed by atoms with van der Waals surface area (Å²) in [6, 6.07) is 37.8. The largest absolute Gasteiger partial charge is 0.485 e. The van der Waals surface area contributed by atoms with E-state index < -0.39 is 0 Å². The smallest absolute Gasteiger partial charge is 0.134 e. The molecule has 5 heteroatoms. The second-order valence-corrected chi connectivity index (χ2v) is 16.0. The van der Waals surface area contributed by atoms with Crippen LogP contribution in [0.2, 0.25) is 0 Å². The third kappa shape index (κ3) is 5.27. The van der Waals surface area contributed by atoms with E-state index in [9.17, 15) is 0 Å². The number of aromatic nitrogens is 1. The van der Waals surface area contributed by atoms with Crippen LogP contribution in [0.1, 0.15) is 73.8 Å². The highest BCUT2D eigenvalue weighted by Crippen LogP contribution is 2.56. The molecule has 0 saturated carbocycles. The molecule has 5 aromatic rings. The van der Waals surface area contributed by atoms with Gasteiger partial charge in [-0.15, -0.1) is 0 Å². The standard InChI is InChI=1S/C49H46N4O/c1-3-15-31(16-4-1)47-50-48(32-17-5-2-6-18-32)52-49(51-47)34-20-13-19-33(29-34)39-30-40-45-43(27-14-28-44(45)54-46(40)38-24-8-7-21-35(38)39)53-41-25-11-9-22-36(41)37-23-10-12-26-42(37)53/h1-5,7-12,14-16,21-26,28-30,32-33,40,43,46,48-49,52H,6,13,17-20,27H2,(H,50,51). The molecule has 5 nitrogen and oxygen atoms in total. The minimum Gasteiger partial charge on any atom is -0.485 e.